The molecule has 128 valence electrons. The van der Waals surface area contributed by atoms with E-state index in [-0.39, 0.29) is 4.90 Å². The number of nitrogens with one attached hydrogen (secondary N) is 2. The van der Waals surface area contributed by atoms with E-state index in [2.05, 4.69) is 10.6 Å². The van der Waals surface area contributed by atoms with Gasteiger partial charge in [-0.05, 0) is 31.3 Å². The molecule has 1 aliphatic rings. The molecule has 0 amide bonds. The number of sulfonamides is 1. The summed E-state index contributed by atoms with van der Waals surface area (Å²) in [5.74, 6) is 0.416. The van der Waals surface area contributed by atoms with Gasteiger partial charge in [0.25, 0.3) is 0 Å². The molecule has 0 aliphatic carbocycles. The SMILES string of the molecule is CCNC(=S)Nc1ccc(S(=O)(=O)N2CCOCC2)cc1OC. The molecule has 1 heterocycles. The number of nitrogens with zero attached hydrogens (tertiary/aromatic N) is 1. The van der Waals surface area contributed by atoms with E-state index in [1.165, 1.54) is 17.5 Å². The molecule has 1 aromatic carbocycles. The largest absolute Gasteiger partial charge is 0.495 e. The minimum atomic E-state index is -3.55. The Balaban J connectivity index is 2.25. The highest BCUT2D eigenvalue weighted by atomic mass is 32.2. The maximum Gasteiger partial charge on any atom is 0.243 e. The number of anilines is 1. The number of rotatable bonds is 5. The summed E-state index contributed by atoms with van der Waals surface area (Å²) in [6, 6.07) is 4.70. The Labute approximate surface area is 142 Å². The van der Waals surface area contributed by atoms with Crippen molar-refractivity contribution in [3.05, 3.63) is 18.2 Å². The van der Waals surface area contributed by atoms with Crippen molar-refractivity contribution in [3.63, 3.8) is 0 Å². The molecular formula is C14H21N3O4S2. The van der Waals surface area contributed by atoms with Crippen molar-refractivity contribution >= 4 is 33.0 Å². The first-order valence-corrected chi connectivity index (χ1v) is 9.14. The van der Waals surface area contributed by atoms with Gasteiger partial charge < -0.3 is 20.1 Å². The summed E-state index contributed by atoms with van der Waals surface area (Å²) < 4.78 is 37.2. The molecule has 0 atom stereocenters. The third-order valence-corrected chi connectivity index (χ3v) is 5.51. The van der Waals surface area contributed by atoms with Crippen LogP contribution in [0.15, 0.2) is 23.1 Å². The summed E-state index contributed by atoms with van der Waals surface area (Å²) in [6.07, 6.45) is 0. The van der Waals surface area contributed by atoms with Gasteiger partial charge in [-0.25, -0.2) is 8.42 Å². The van der Waals surface area contributed by atoms with Gasteiger partial charge >= 0.3 is 0 Å². The smallest absolute Gasteiger partial charge is 0.243 e. The second-order valence-electron chi connectivity index (χ2n) is 4.86. The van der Waals surface area contributed by atoms with Gasteiger partial charge in [0.15, 0.2) is 5.11 Å². The zero-order chi connectivity index (χ0) is 16.9. The third-order valence-electron chi connectivity index (χ3n) is 3.37. The van der Waals surface area contributed by atoms with Crippen LogP contribution in [0.4, 0.5) is 5.69 Å². The van der Waals surface area contributed by atoms with Gasteiger partial charge in [0, 0.05) is 25.7 Å². The molecule has 23 heavy (non-hydrogen) atoms. The van der Waals surface area contributed by atoms with Crippen LogP contribution in [0.3, 0.4) is 0 Å². The quantitative estimate of drug-likeness (QED) is 0.760. The minimum Gasteiger partial charge on any atom is -0.495 e. The number of methoxy groups -OCH3 is 1. The lowest BCUT2D eigenvalue weighted by Crippen LogP contribution is -2.40. The number of benzene rings is 1. The van der Waals surface area contributed by atoms with Crippen LogP contribution in [0.5, 0.6) is 5.75 Å². The van der Waals surface area contributed by atoms with Crippen LogP contribution in [0.1, 0.15) is 6.92 Å². The van der Waals surface area contributed by atoms with Crippen molar-refractivity contribution in [2.75, 3.05) is 45.3 Å². The van der Waals surface area contributed by atoms with Gasteiger partial charge in [-0.3, -0.25) is 0 Å². The fourth-order valence-corrected chi connectivity index (χ4v) is 3.88. The Morgan fingerprint density at radius 1 is 1.39 bits per heavy atom. The maximum atomic E-state index is 12.6. The molecule has 0 spiro atoms. The van der Waals surface area contributed by atoms with Crippen LogP contribution in [0.2, 0.25) is 0 Å². The van der Waals surface area contributed by atoms with E-state index in [4.69, 9.17) is 21.7 Å². The first kappa shape index (κ1) is 17.9. The monoisotopic (exact) mass is 359 g/mol. The predicted octanol–water partition coefficient (Wildman–Crippen LogP) is 1.02. The van der Waals surface area contributed by atoms with Gasteiger partial charge in [0.2, 0.25) is 10.0 Å². The minimum absolute atomic E-state index is 0.191. The van der Waals surface area contributed by atoms with Crippen LogP contribution >= 0.6 is 12.2 Å². The highest BCUT2D eigenvalue weighted by Gasteiger charge is 2.27. The van der Waals surface area contributed by atoms with Crippen LogP contribution in [-0.2, 0) is 14.8 Å². The van der Waals surface area contributed by atoms with Gasteiger partial charge in [-0.1, -0.05) is 0 Å². The van der Waals surface area contributed by atoms with E-state index in [9.17, 15) is 8.42 Å². The van der Waals surface area contributed by atoms with Gasteiger partial charge in [-0.2, -0.15) is 4.31 Å². The Morgan fingerprint density at radius 2 is 2.09 bits per heavy atom. The summed E-state index contributed by atoms with van der Waals surface area (Å²) in [6.45, 7) is 4.16. The van der Waals surface area contributed by atoms with E-state index in [0.717, 1.165) is 0 Å². The van der Waals surface area contributed by atoms with Gasteiger partial charge in [0.05, 0.1) is 30.9 Å². The zero-order valence-corrected chi connectivity index (χ0v) is 14.8. The standard InChI is InChI=1S/C14H21N3O4S2/c1-3-15-14(22)16-12-5-4-11(10-13(12)20-2)23(18,19)17-6-8-21-9-7-17/h4-5,10H,3,6-9H2,1-2H3,(H2,15,16,22). The van der Waals surface area contributed by atoms with E-state index >= 15 is 0 Å². The lowest BCUT2D eigenvalue weighted by molar-refractivity contribution is 0.0730. The van der Waals surface area contributed by atoms with Crippen LogP contribution in [-0.4, -0.2) is 57.8 Å². The number of ether oxygens (including phenoxy) is 2. The fourth-order valence-electron chi connectivity index (χ4n) is 2.20. The van der Waals surface area contributed by atoms with Crippen molar-refractivity contribution in [2.24, 2.45) is 0 Å². The molecule has 1 fully saturated rings. The van der Waals surface area contributed by atoms with Crippen LogP contribution < -0.4 is 15.4 Å². The highest BCUT2D eigenvalue weighted by Crippen LogP contribution is 2.29. The molecule has 2 rings (SSSR count). The van der Waals surface area contributed by atoms with E-state index in [0.29, 0.717) is 49.4 Å². The fraction of sp³-hybridized carbons (Fsp3) is 0.500. The average Bonchev–Trinajstić information content (AvgIpc) is 2.56. The Kier molecular flexibility index (Phi) is 6.17. The Bertz CT molecular complexity index is 658. The summed E-state index contributed by atoms with van der Waals surface area (Å²) in [7, 11) is -2.06. The molecule has 1 aliphatic heterocycles. The predicted molar refractivity (Wildman–Crippen MR) is 92.5 cm³/mol. The average molecular weight is 359 g/mol. The number of hydrogen-bond acceptors (Lipinski definition) is 5. The second kappa shape index (κ2) is 7.91. The summed E-state index contributed by atoms with van der Waals surface area (Å²) >= 11 is 5.13. The summed E-state index contributed by atoms with van der Waals surface area (Å²) in [5, 5.41) is 6.41. The Hall–Kier alpha value is -1.42. The first-order chi connectivity index (χ1) is 11.0. The van der Waals surface area contributed by atoms with Gasteiger partial charge in [-0.15, -0.1) is 0 Å². The zero-order valence-electron chi connectivity index (χ0n) is 13.2. The molecule has 9 heteroatoms. The van der Waals surface area contributed by atoms with Crippen molar-refractivity contribution in [3.8, 4) is 5.75 Å². The number of thiocarbonyl (C=S) groups is 1. The van der Waals surface area contributed by atoms with Crippen LogP contribution in [0, 0.1) is 0 Å². The van der Waals surface area contributed by atoms with Gasteiger partial charge in [0.1, 0.15) is 5.75 Å². The summed E-state index contributed by atoms with van der Waals surface area (Å²) in [5.41, 5.74) is 0.611. The second-order valence-corrected chi connectivity index (χ2v) is 7.21. The molecule has 0 bridgehead atoms. The highest BCUT2D eigenvalue weighted by molar-refractivity contribution is 7.89. The number of hydrogen-bond donors (Lipinski definition) is 2. The van der Waals surface area contributed by atoms with E-state index < -0.39 is 10.0 Å². The molecule has 0 aromatic heterocycles. The third kappa shape index (κ3) is 4.31. The van der Waals surface area contributed by atoms with Crippen molar-refractivity contribution in [2.45, 2.75) is 11.8 Å². The summed E-state index contributed by atoms with van der Waals surface area (Å²) in [4.78, 5) is 0.191. The molecule has 1 aromatic rings. The lowest BCUT2D eigenvalue weighted by Gasteiger charge is -2.26. The Morgan fingerprint density at radius 3 is 2.70 bits per heavy atom. The molecule has 1 saturated heterocycles. The first-order valence-electron chi connectivity index (χ1n) is 7.30. The lowest BCUT2D eigenvalue weighted by atomic mass is 10.3. The molecule has 0 saturated carbocycles. The molecule has 0 unspecified atom stereocenters. The molecule has 2 N–H and O–H groups in total. The van der Waals surface area contributed by atoms with Crippen LogP contribution in [0.25, 0.3) is 0 Å². The number of morpholine rings is 1. The van der Waals surface area contributed by atoms with E-state index in [1.54, 1.807) is 12.1 Å². The normalized spacial score (nSPS) is 15.9. The molecule has 0 radical (unpaired) electrons. The molecule has 7 nitrogen and oxygen atoms in total. The van der Waals surface area contributed by atoms with Crippen molar-refractivity contribution in [1.82, 2.24) is 9.62 Å². The van der Waals surface area contributed by atoms with Crippen molar-refractivity contribution < 1.29 is 17.9 Å². The van der Waals surface area contributed by atoms with E-state index in [1.807, 2.05) is 6.92 Å². The topological polar surface area (TPSA) is 79.9 Å². The van der Waals surface area contributed by atoms with Crippen molar-refractivity contribution in [1.29, 1.82) is 0 Å². The molecular weight excluding hydrogens is 338 g/mol. The maximum absolute atomic E-state index is 12.6.